The zero-order valence-electron chi connectivity index (χ0n) is 38.1. The number of allylic oxidation sites excluding steroid dienone is 3. The van der Waals surface area contributed by atoms with E-state index in [9.17, 15) is 20.1 Å². The van der Waals surface area contributed by atoms with E-state index in [-0.39, 0.29) is 48.6 Å². The van der Waals surface area contributed by atoms with Crippen LogP contribution in [0.5, 0.6) is 5.75 Å². The minimum absolute atomic E-state index is 0.0858. The Morgan fingerprint density at radius 1 is 0.869 bits per heavy atom. The first kappa shape index (κ1) is 47.8. The minimum atomic E-state index is -1.15. The number of rotatable bonds is 8. The molecule has 1 spiro atoms. The zero-order valence-corrected chi connectivity index (χ0v) is 38.1. The number of aromatic hydroxyl groups is 1. The topological polar surface area (TPSA) is 161 Å². The number of esters is 1. The maximum atomic E-state index is 14.1. The number of aliphatic hydroxyl groups excluding tert-OH is 2. The molecule has 13 nitrogen and oxygen atoms in total. The third-order valence-electron chi connectivity index (χ3n) is 13.8. The summed E-state index contributed by atoms with van der Waals surface area (Å²) in [4.78, 5) is 14.1. The van der Waals surface area contributed by atoms with Crippen LogP contribution >= 0.6 is 0 Å². The molecule has 13 heteroatoms. The summed E-state index contributed by atoms with van der Waals surface area (Å²) in [6, 6.07) is 3.30. The number of benzene rings is 1. The number of fused-ring (bicyclic) bond motifs is 3. The van der Waals surface area contributed by atoms with E-state index < -0.39 is 79.3 Å². The monoisotopic (exact) mass is 856 g/mol. The van der Waals surface area contributed by atoms with Crippen molar-refractivity contribution in [2.75, 3.05) is 14.2 Å². The van der Waals surface area contributed by atoms with Gasteiger partial charge < -0.3 is 58.0 Å². The first-order valence-electron chi connectivity index (χ1n) is 22.4. The minimum Gasteiger partial charge on any atom is -0.508 e. The number of hydrogen-bond donors (Lipinski definition) is 3. The number of aliphatic hydroxyl groups is 2. The van der Waals surface area contributed by atoms with Crippen molar-refractivity contribution in [2.24, 2.45) is 17.8 Å². The van der Waals surface area contributed by atoms with E-state index in [2.05, 4.69) is 32.9 Å². The Morgan fingerprint density at radius 2 is 1.56 bits per heavy atom. The van der Waals surface area contributed by atoms with Gasteiger partial charge in [0, 0.05) is 58.2 Å². The first-order valence-corrected chi connectivity index (χ1v) is 22.4. The van der Waals surface area contributed by atoms with Crippen molar-refractivity contribution in [1.82, 2.24) is 0 Å². The highest BCUT2D eigenvalue weighted by Gasteiger charge is 2.52. The summed E-state index contributed by atoms with van der Waals surface area (Å²) >= 11 is 0. The Kier molecular flexibility index (Phi) is 16.0. The second-order valence-electron chi connectivity index (χ2n) is 18.4. The molecule has 0 aromatic heterocycles. The van der Waals surface area contributed by atoms with Gasteiger partial charge in [-0.15, -0.1) is 0 Å². The molecule has 1 aromatic carbocycles. The Bertz CT molecular complexity index is 1740. The van der Waals surface area contributed by atoms with Crippen LogP contribution in [0.25, 0.3) is 5.57 Å². The molecular formula is C48H72O13. The second-order valence-corrected chi connectivity index (χ2v) is 18.4. The van der Waals surface area contributed by atoms with Gasteiger partial charge in [0.05, 0.1) is 54.4 Å². The number of phenolic OH excluding ortho intramolecular Hbond substituents is 1. The molecule has 4 saturated heterocycles. The standard InChI is InChI=1S/C48H72O13/c1-12-25(2)45-30(7)38(50)24-48(61-45)23-34-19-33(60-48)17-16-28(5)44(27(4)15-13-14-26(3)35-20-37(49)29(6)18-36(35)47(52)57-34)58-42-22-40(54-11)46(32(9)56-42)59-41-21-39(53-10)43(51)31(8)55-41/h13-16,18,20,25,27,30-34,38-46,49-51H,12,17,19,21-24H2,1-11H3/b15-13+,26-14+,28-16+. The SMILES string of the molecule is CCC(C)C1OC2(CC3CC(C/C=C(\C)C(OC4CC(OC)C(OC5CC(OC)C(O)C(C)O5)C(C)O4)C(C)/C=C/C=C(\C)c4cc(O)c(C)cc4C(=O)O3)O2)CC(O)C1C. The fourth-order valence-corrected chi connectivity index (χ4v) is 9.79. The van der Waals surface area contributed by atoms with Gasteiger partial charge in [-0.3, -0.25) is 0 Å². The van der Waals surface area contributed by atoms with Gasteiger partial charge in [-0.1, -0.05) is 58.4 Å². The summed E-state index contributed by atoms with van der Waals surface area (Å²) in [5.41, 5.74) is 3.25. The van der Waals surface area contributed by atoms with Crippen LogP contribution < -0.4 is 0 Å². The van der Waals surface area contributed by atoms with Gasteiger partial charge >= 0.3 is 5.97 Å². The van der Waals surface area contributed by atoms with Gasteiger partial charge in [-0.2, -0.15) is 0 Å². The lowest BCUT2D eigenvalue weighted by molar-refractivity contribution is -0.353. The number of methoxy groups -OCH3 is 2. The molecule has 0 saturated carbocycles. The summed E-state index contributed by atoms with van der Waals surface area (Å²) in [5, 5.41) is 32.7. The van der Waals surface area contributed by atoms with Crippen molar-refractivity contribution >= 4 is 11.5 Å². The average Bonchev–Trinajstić information content (AvgIpc) is 3.22. The summed E-state index contributed by atoms with van der Waals surface area (Å²) in [6.07, 6.45) is 4.81. The Labute approximate surface area is 362 Å². The number of ether oxygens (including phenoxy) is 9. The van der Waals surface area contributed by atoms with E-state index in [0.717, 1.165) is 17.6 Å². The normalized spacial score (nSPS) is 43.0. The largest absolute Gasteiger partial charge is 0.508 e. The van der Waals surface area contributed by atoms with Crippen molar-refractivity contribution in [3.05, 3.63) is 58.7 Å². The van der Waals surface area contributed by atoms with Gasteiger partial charge in [-0.25, -0.2) is 4.79 Å². The van der Waals surface area contributed by atoms with Gasteiger partial charge in [-0.05, 0) is 81.4 Å². The molecule has 5 aliphatic rings. The van der Waals surface area contributed by atoms with Crippen molar-refractivity contribution in [1.29, 1.82) is 0 Å². The third-order valence-corrected chi connectivity index (χ3v) is 13.8. The summed E-state index contributed by atoms with van der Waals surface area (Å²) < 4.78 is 57.6. The summed E-state index contributed by atoms with van der Waals surface area (Å²) in [5.74, 6) is -1.59. The Morgan fingerprint density at radius 3 is 2.26 bits per heavy atom. The van der Waals surface area contributed by atoms with E-state index in [1.807, 2.05) is 39.8 Å². The van der Waals surface area contributed by atoms with Gasteiger partial charge in [0.2, 0.25) is 0 Å². The molecule has 0 aliphatic carbocycles. The number of aryl methyl sites for hydroxylation is 1. The molecule has 17 unspecified atom stereocenters. The van der Waals surface area contributed by atoms with Crippen molar-refractivity contribution < 1.29 is 62.7 Å². The lowest BCUT2D eigenvalue weighted by atomic mass is 9.79. The molecule has 3 N–H and O–H groups in total. The lowest BCUT2D eigenvalue weighted by Crippen LogP contribution is -2.59. The molecule has 1 aromatic rings. The number of hydrogen-bond acceptors (Lipinski definition) is 13. The van der Waals surface area contributed by atoms with Crippen LogP contribution in [0.2, 0.25) is 0 Å². The first-order chi connectivity index (χ1) is 29.0. The fraction of sp³-hybridized carbons (Fsp3) is 0.729. The Hall–Kier alpha value is -2.69. The molecule has 342 valence electrons. The van der Waals surface area contributed by atoms with Crippen molar-refractivity contribution in [3.8, 4) is 5.75 Å². The molecule has 2 bridgehead atoms. The molecule has 4 fully saturated rings. The van der Waals surface area contributed by atoms with Crippen LogP contribution in [0.15, 0.2) is 42.0 Å². The van der Waals surface area contributed by atoms with E-state index in [1.54, 1.807) is 40.2 Å². The highest BCUT2D eigenvalue weighted by atomic mass is 16.7. The average molecular weight is 857 g/mol. The van der Waals surface area contributed by atoms with E-state index in [1.165, 1.54) is 0 Å². The van der Waals surface area contributed by atoms with Crippen molar-refractivity contribution in [3.63, 3.8) is 0 Å². The molecule has 0 amide bonds. The van der Waals surface area contributed by atoms with Crippen LogP contribution in [-0.2, 0) is 42.6 Å². The van der Waals surface area contributed by atoms with Gasteiger partial charge in [0.25, 0.3) is 0 Å². The second kappa shape index (κ2) is 20.4. The predicted molar refractivity (Wildman–Crippen MR) is 229 cm³/mol. The van der Waals surface area contributed by atoms with Crippen LogP contribution in [0.4, 0.5) is 0 Å². The number of phenols is 1. The number of carbonyl (C=O) groups is 1. The maximum absolute atomic E-state index is 14.1. The van der Waals surface area contributed by atoms with Crippen LogP contribution in [0.1, 0.15) is 122 Å². The molecule has 61 heavy (non-hydrogen) atoms. The van der Waals surface area contributed by atoms with Gasteiger partial charge in [0.1, 0.15) is 24.1 Å². The molecule has 0 radical (unpaired) electrons. The molecular weight excluding hydrogens is 785 g/mol. The molecule has 5 heterocycles. The van der Waals surface area contributed by atoms with E-state index in [4.69, 9.17) is 42.6 Å². The van der Waals surface area contributed by atoms with Gasteiger partial charge in [0.15, 0.2) is 18.4 Å². The maximum Gasteiger partial charge on any atom is 0.339 e. The van der Waals surface area contributed by atoms with Crippen LogP contribution in [0.3, 0.4) is 0 Å². The number of carbonyl (C=O) groups excluding carboxylic acids is 1. The fourth-order valence-electron chi connectivity index (χ4n) is 9.79. The van der Waals surface area contributed by atoms with E-state index in [0.29, 0.717) is 42.4 Å². The van der Waals surface area contributed by atoms with Crippen LogP contribution in [0, 0.1) is 24.7 Å². The van der Waals surface area contributed by atoms with Crippen LogP contribution in [-0.4, -0.2) is 121 Å². The smallest absolute Gasteiger partial charge is 0.339 e. The lowest BCUT2D eigenvalue weighted by Gasteiger charge is -2.52. The molecule has 5 aliphatic heterocycles. The third kappa shape index (κ3) is 11.0. The van der Waals surface area contributed by atoms with Crippen molar-refractivity contribution in [2.45, 2.75) is 193 Å². The summed E-state index contributed by atoms with van der Waals surface area (Å²) in [7, 11) is 3.23. The Balaban J connectivity index is 1.30. The zero-order chi connectivity index (χ0) is 44.3. The summed E-state index contributed by atoms with van der Waals surface area (Å²) in [6.45, 7) is 17.8. The molecule has 17 atom stereocenters. The quantitative estimate of drug-likeness (QED) is 0.177. The highest BCUT2D eigenvalue weighted by molar-refractivity contribution is 5.96. The van der Waals surface area contributed by atoms with E-state index >= 15 is 0 Å². The highest BCUT2D eigenvalue weighted by Crippen LogP contribution is 2.45. The molecule has 6 rings (SSSR count). The predicted octanol–water partition coefficient (Wildman–Crippen LogP) is 7.31.